The average molecular weight is 364 g/mol. The summed E-state index contributed by atoms with van der Waals surface area (Å²) < 4.78 is 5.13. The number of methoxy groups -OCH3 is 1. The van der Waals surface area contributed by atoms with E-state index < -0.39 is 5.97 Å². The molecule has 147 valence electrons. The molecule has 0 N–H and O–H groups in total. The topological polar surface area (TPSA) is 44.8 Å². The van der Waals surface area contributed by atoms with Crippen LogP contribution in [0, 0.1) is 6.92 Å². The van der Waals surface area contributed by atoms with Gasteiger partial charge < -0.3 is 4.74 Å². The average Bonchev–Trinajstić information content (AvgIpc) is 2.68. The van der Waals surface area contributed by atoms with Gasteiger partial charge in [-0.1, -0.05) is 89.7 Å². The van der Waals surface area contributed by atoms with E-state index in [-0.39, 0.29) is 0 Å². The number of ether oxygens (including phenoxy) is 1. The van der Waals surface area contributed by atoms with Crippen LogP contribution in [0.2, 0.25) is 0 Å². The minimum absolute atomic E-state index is 0.376. The first kappa shape index (κ1) is 22.5. The summed E-state index contributed by atoms with van der Waals surface area (Å²) in [5, 5.41) is 0. The number of hydrogen-bond donors (Lipinski definition) is 0. The summed E-state index contributed by atoms with van der Waals surface area (Å²) in [7, 11) is 1.52. The number of carbonyl (C=O) groups is 1. The Bertz CT molecular complexity index is 473. The van der Waals surface area contributed by atoms with Gasteiger partial charge >= 0.3 is 5.97 Å². The van der Waals surface area contributed by atoms with E-state index in [1.807, 2.05) is 0 Å². The maximum Gasteiger partial charge on any atom is 0.376 e. The van der Waals surface area contributed by atoms with Crippen LogP contribution in [0.4, 0.5) is 0 Å². The predicted molar refractivity (Wildman–Crippen MR) is 105 cm³/mol. The number of benzene rings is 1. The summed E-state index contributed by atoms with van der Waals surface area (Å²) in [6.07, 6.45) is 14.9. The summed E-state index contributed by atoms with van der Waals surface area (Å²) in [4.78, 5) is 21.8. The van der Waals surface area contributed by atoms with Crippen LogP contribution in [0.3, 0.4) is 0 Å². The largest absolute Gasteiger partial charge is 0.496 e. The van der Waals surface area contributed by atoms with Crippen LogP contribution in [-0.2, 0) is 9.78 Å². The fraction of sp³-hybridized carbons (Fsp3) is 0.636. The number of hydrogen-bond acceptors (Lipinski definition) is 4. The molecule has 0 saturated carbocycles. The molecule has 4 nitrogen and oxygen atoms in total. The van der Waals surface area contributed by atoms with Gasteiger partial charge in [-0.05, 0) is 18.6 Å². The van der Waals surface area contributed by atoms with Crippen molar-refractivity contribution in [3.05, 3.63) is 36.8 Å². The van der Waals surface area contributed by atoms with Crippen LogP contribution in [0.25, 0.3) is 0 Å². The zero-order chi connectivity index (χ0) is 18.9. The fourth-order valence-electron chi connectivity index (χ4n) is 2.88. The number of rotatable bonds is 16. The highest BCUT2D eigenvalue weighted by molar-refractivity contribution is 5.92. The second-order valence-electron chi connectivity index (χ2n) is 6.64. The second kappa shape index (κ2) is 15.7. The molecule has 0 aromatic heterocycles. The Kier molecular flexibility index (Phi) is 13.6. The zero-order valence-electron chi connectivity index (χ0n) is 16.3. The highest BCUT2D eigenvalue weighted by Crippen LogP contribution is 2.18. The lowest BCUT2D eigenvalue weighted by atomic mass is 10.1. The van der Waals surface area contributed by atoms with E-state index in [1.165, 1.54) is 64.9 Å². The van der Waals surface area contributed by atoms with Crippen LogP contribution in [-0.4, -0.2) is 19.7 Å². The van der Waals surface area contributed by atoms with Crippen molar-refractivity contribution in [3.63, 3.8) is 0 Å². The van der Waals surface area contributed by atoms with Crippen molar-refractivity contribution in [3.8, 4) is 5.75 Å². The Hall–Kier alpha value is -1.55. The van der Waals surface area contributed by atoms with Gasteiger partial charge in [0.1, 0.15) is 11.3 Å². The van der Waals surface area contributed by atoms with Gasteiger partial charge in [-0.25, -0.2) is 4.79 Å². The van der Waals surface area contributed by atoms with E-state index in [0.717, 1.165) is 19.3 Å². The van der Waals surface area contributed by atoms with Gasteiger partial charge in [0, 0.05) is 0 Å². The Morgan fingerprint density at radius 3 is 1.96 bits per heavy atom. The molecule has 0 amide bonds. The van der Waals surface area contributed by atoms with E-state index in [1.54, 1.807) is 24.3 Å². The Labute approximate surface area is 159 Å². The van der Waals surface area contributed by atoms with Crippen LogP contribution in [0.5, 0.6) is 5.75 Å². The van der Waals surface area contributed by atoms with Crippen LogP contribution >= 0.6 is 0 Å². The first-order chi connectivity index (χ1) is 12.8. The second-order valence-corrected chi connectivity index (χ2v) is 6.64. The molecule has 0 saturated heterocycles. The van der Waals surface area contributed by atoms with Crippen molar-refractivity contribution < 1.29 is 19.3 Å². The molecule has 0 unspecified atom stereocenters. The molecule has 0 aliphatic heterocycles. The lowest BCUT2D eigenvalue weighted by Crippen LogP contribution is -2.08. The molecule has 0 aliphatic rings. The summed E-state index contributed by atoms with van der Waals surface area (Å²) >= 11 is 0. The van der Waals surface area contributed by atoms with Crippen molar-refractivity contribution in [2.24, 2.45) is 0 Å². The molecular weight excluding hydrogens is 328 g/mol. The first-order valence-corrected chi connectivity index (χ1v) is 10.1. The number of para-hydroxylation sites is 1. The van der Waals surface area contributed by atoms with Gasteiger partial charge in [-0.15, -0.1) is 0 Å². The van der Waals surface area contributed by atoms with E-state index in [4.69, 9.17) is 14.5 Å². The van der Waals surface area contributed by atoms with Gasteiger partial charge in [0.15, 0.2) is 0 Å². The predicted octanol–water partition coefficient (Wildman–Crippen LogP) is 6.30. The molecule has 0 spiro atoms. The highest BCUT2D eigenvalue weighted by atomic mass is 17.2. The standard InChI is InChI=1S/C22H35O4/c1-3-4-5-6-7-8-9-10-11-12-13-16-19-25-26-22(23)20-17-14-15-18-21(20)24-2/h14-15,17-18H,1,3-13,16,19H2,2H3. The van der Waals surface area contributed by atoms with Crippen molar-refractivity contribution in [2.75, 3.05) is 13.7 Å². The van der Waals surface area contributed by atoms with Gasteiger partial charge in [-0.3, -0.25) is 4.89 Å². The van der Waals surface area contributed by atoms with Crippen LogP contribution in [0.15, 0.2) is 24.3 Å². The van der Waals surface area contributed by atoms with E-state index in [2.05, 4.69) is 6.92 Å². The molecule has 0 aliphatic carbocycles. The fourth-order valence-corrected chi connectivity index (χ4v) is 2.88. The molecule has 0 heterocycles. The van der Waals surface area contributed by atoms with Crippen molar-refractivity contribution in [2.45, 2.75) is 77.0 Å². The first-order valence-electron chi connectivity index (χ1n) is 10.1. The lowest BCUT2D eigenvalue weighted by Gasteiger charge is -2.07. The third kappa shape index (κ3) is 10.4. The molecular formula is C22H35O4. The molecule has 1 aromatic rings. The van der Waals surface area contributed by atoms with Crippen LogP contribution in [0.1, 0.15) is 87.4 Å². The Balaban J connectivity index is 1.91. The minimum atomic E-state index is -0.516. The minimum Gasteiger partial charge on any atom is -0.496 e. The summed E-state index contributed by atoms with van der Waals surface area (Å²) in [5.74, 6) is -0.0267. The van der Waals surface area contributed by atoms with Gasteiger partial charge in [0.25, 0.3) is 0 Å². The summed E-state index contributed by atoms with van der Waals surface area (Å²) in [5.41, 5.74) is 0.376. The normalized spacial score (nSPS) is 10.7. The van der Waals surface area contributed by atoms with E-state index in [9.17, 15) is 4.79 Å². The molecule has 1 rings (SSSR count). The number of unbranched alkanes of at least 4 members (excludes halogenated alkanes) is 11. The maximum atomic E-state index is 11.9. The molecule has 4 heteroatoms. The monoisotopic (exact) mass is 363 g/mol. The molecule has 0 atom stereocenters. The number of carbonyl (C=O) groups excluding carboxylic acids is 1. The highest BCUT2D eigenvalue weighted by Gasteiger charge is 2.13. The zero-order valence-corrected chi connectivity index (χ0v) is 16.3. The van der Waals surface area contributed by atoms with E-state index in [0.29, 0.717) is 17.9 Å². The Morgan fingerprint density at radius 2 is 1.38 bits per heavy atom. The SMILES string of the molecule is [CH2]CCCCCCCCCCCCCOOC(=O)c1ccccc1OC. The van der Waals surface area contributed by atoms with Gasteiger partial charge in [0.05, 0.1) is 13.7 Å². The molecule has 1 radical (unpaired) electrons. The molecule has 0 fully saturated rings. The summed E-state index contributed by atoms with van der Waals surface area (Å²) in [6, 6.07) is 6.95. The van der Waals surface area contributed by atoms with Crippen molar-refractivity contribution >= 4 is 5.97 Å². The molecule has 0 bridgehead atoms. The molecule has 26 heavy (non-hydrogen) atoms. The van der Waals surface area contributed by atoms with Crippen molar-refractivity contribution in [1.82, 2.24) is 0 Å². The molecule has 1 aromatic carbocycles. The van der Waals surface area contributed by atoms with Crippen molar-refractivity contribution in [1.29, 1.82) is 0 Å². The smallest absolute Gasteiger partial charge is 0.376 e. The lowest BCUT2D eigenvalue weighted by molar-refractivity contribution is -0.241. The third-order valence-electron chi connectivity index (χ3n) is 4.44. The quantitative estimate of drug-likeness (QED) is 0.196. The Morgan fingerprint density at radius 1 is 0.846 bits per heavy atom. The van der Waals surface area contributed by atoms with Gasteiger partial charge in [0.2, 0.25) is 0 Å². The van der Waals surface area contributed by atoms with Crippen LogP contribution < -0.4 is 4.74 Å². The van der Waals surface area contributed by atoms with E-state index >= 15 is 0 Å². The third-order valence-corrected chi connectivity index (χ3v) is 4.44. The van der Waals surface area contributed by atoms with Gasteiger partial charge in [-0.2, -0.15) is 4.89 Å². The maximum absolute atomic E-state index is 11.9. The summed E-state index contributed by atoms with van der Waals surface area (Å²) in [6.45, 7) is 4.31.